The van der Waals surface area contributed by atoms with Gasteiger partial charge in [0, 0.05) is 6.54 Å². The predicted molar refractivity (Wildman–Crippen MR) is 96.0 cm³/mol. The van der Waals surface area contributed by atoms with Gasteiger partial charge in [-0.1, -0.05) is 19.9 Å². The number of anilines is 1. The highest BCUT2D eigenvalue weighted by molar-refractivity contribution is 5.97. The van der Waals surface area contributed by atoms with Crippen LogP contribution in [0.15, 0.2) is 30.3 Å². The number of phenols is 1. The van der Waals surface area contributed by atoms with Crippen molar-refractivity contribution in [3.05, 3.63) is 47.0 Å². The first-order chi connectivity index (χ1) is 11.9. The van der Waals surface area contributed by atoms with Gasteiger partial charge in [0.05, 0.1) is 25.5 Å². The largest absolute Gasteiger partial charge is 0.507 e. The highest BCUT2D eigenvalue weighted by Crippen LogP contribution is 2.34. The zero-order chi connectivity index (χ0) is 18.6. The number of hydrogen-bond acceptors (Lipinski definition) is 5. The number of hydrogen-bond donors (Lipinski definition) is 3. The molecule has 134 valence electrons. The predicted octanol–water partition coefficient (Wildman–Crippen LogP) is 3.84. The number of carboxylic acids is 1. The standard InChI is InChI=1S/C19H23NO5/c1-11(2)12-8-16(24-3)13(17(9-12)25-4)10-20-14-6-5-7-15(21)18(14)19(22)23/h5-9,11,20-21H,10H2,1-4H3,(H,22,23). The van der Waals surface area contributed by atoms with Crippen LogP contribution in [0.2, 0.25) is 0 Å². The van der Waals surface area contributed by atoms with E-state index in [0.29, 0.717) is 23.1 Å². The lowest BCUT2D eigenvalue weighted by atomic mass is 9.99. The summed E-state index contributed by atoms with van der Waals surface area (Å²) in [5.41, 5.74) is 2.01. The zero-order valence-electron chi connectivity index (χ0n) is 14.8. The molecule has 0 unspecified atom stereocenters. The van der Waals surface area contributed by atoms with E-state index in [2.05, 4.69) is 19.2 Å². The summed E-state index contributed by atoms with van der Waals surface area (Å²) < 4.78 is 11.0. The summed E-state index contributed by atoms with van der Waals surface area (Å²) in [6, 6.07) is 8.42. The van der Waals surface area contributed by atoms with Gasteiger partial charge in [-0.15, -0.1) is 0 Å². The average molecular weight is 345 g/mol. The summed E-state index contributed by atoms with van der Waals surface area (Å²) in [5, 5.41) is 22.1. The van der Waals surface area contributed by atoms with Crippen molar-refractivity contribution in [2.75, 3.05) is 19.5 Å². The smallest absolute Gasteiger partial charge is 0.341 e. The Bertz CT molecular complexity index is 745. The van der Waals surface area contributed by atoms with Crippen molar-refractivity contribution in [3.8, 4) is 17.2 Å². The normalized spacial score (nSPS) is 10.6. The number of aromatic hydroxyl groups is 1. The first kappa shape index (κ1) is 18.4. The lowest BCUT2D eigenvalue weighted by Crippen LogP contribution is -2.09. The van der Waals surface area contributed by atoms with Crippen molar-refractivity contribution in [3.63, 3.8) is 0 Å². The van der Waals surface area contributed by atoms with Crippen LogP contribution in [-0.4, -0.2) is 30.4 Å². The van der Waals surface area contributed by atoms with Crippen molar-refractivity contribution in [1.82, 2.24) is 0 Å². The summed E-state index contributed by atoms with van der Waals surface area (Å²) >= 11 is 0. The molecule has 6 nitrogen and oxygen atoms in total. The first-order valence-electron chi connectivity index (χ1n) is 7.93. The fourth-order valence-electron chi connectivity index (χ4n) is 2.61. The first-order valence-corrected chi connectivity index (χ1v) is 7.93. The molecule has 0 amide bonds. The number of ether oxygens (including phenoxy) is 2. The molecule has 0 fully saturated rings. The second-order valence-electron chi connectivity index (χ2n) is 5.92. The Morgan fingerprint density at radius 1 is 1.16 bits per heavy atom. The fraction of sp³-hybridized carbons (Fsp3) is 0.316. The van der Waals surface area contributed by atoms with E-state index in [0.717, 1.165) is 11.1 Å². The monoisotopic (exact) mass is 345 g/mol. The second kappa shape index (κ2) is 7.79. The molecule has 0 atom stereocenters. The van der Waals surface area contributed by atoms with E-state index in [1.54, 1.807) is 26.4 Å². The van der Waals surface area contributed by atoms with E-state index in [9.17, 15) is 15.0 Å². The van der Waals surface area contributed by atoms with Crippen LogP contribution in [0.25, 0.3) is 0 Å². The summed E-state index contributed by atoms with van der Waals surface area (Å²) in [4.78, 5) is 11.4. The number of benzene rings is 2. The van der Waals surface area contributed by atoms with E-state index in [4.69, 9.17) is 9.47 Å². The van der Waals surface area contributed by atoms with E-state index < -0.39 is 5.97 Å². The lowest BCUT2D eigenvalue weighted by molar-refractivity contribution is 0.0695. The lowest BCUT2D eigenvalue weighted by Gasteiger charge is -2.18. The molecule has 0 aliphatic heterocycles. The highest BCUT2D eigenvalue weighted by Gasteiger charge is 2.18. The molecule has 0 heterocycles. The summed E-state index contributed by atoms with van der Waals surface area (Å²) in [6.07, 6.45) is 0. The Morgan fingerprint density at radius 2 is 1.76 bits per heavy atom. The minimum absolute atomic E-state index is 0.167. The van der Waals surface area contributed by atoms with Gasteiger partial charge >= 0.3 is 5.97 Å². The maximum atomic E-state index is 11.4. The van der Waals surface area contributed by atoms with E-state index >= 15 is 0 Å². The van der Waals surface area contributed by atoms with Gasteiger partial charge in [0.2, 0.25) is 0 Å². The van der Waals surface area contributed by atoms with Crippen molar-refractivity contribution in [1.29, 1.82) is 0 Å². The van der Waals surface area contributed by atoms with Crippen LogP contribution in [-0.2, 0) is 6.54 Å². The number of aromatic carboxylic acids is 1. The molecule has 25 heavy (non-hydrogen) atoms. The van der Waals surface area contributed by atoms with Gasteiger partial charge in [0.15, 0.2) is 0 Å². The molecule has 0 bridgehead atoms. The van der Waals surface area contributed by atoms with Crippen LogP contribution < -0.4 is 14.8 Å². The molecule has 3 N–H and O–H groups in total. The topological polar surface area (TPSA) is 88.0 Å². The van der Waals surface area contributed by atoms with Crippen molar-refractivity contribution < 1.29 is 24.5 Å². The summed E-state index contributed by atoms with van der Waals surface area (Å²) in [5.74, 6) is 0.149. The second-order valence-corrected chi connectivity index (χ2v) is 5.92. The van der Waals surface area contributed by atoms with Gasteiger partial charge in [-0.2, -0.15) is 0 Å². The Morgan fingerprint density at radius 3 is 2.24 bits per heavy atom. The molecular formula is C19H23NO5. The minimum atomic E-state index is -1.20. The molecule has 0 saturated carbocycles. The van der Waals surface area contributed by atoms with E-state index in [-0.39, 0.29) is 17.9 Å². The Balaban J connectivity index is 2.38. The Labute approximate surface area is 147 Å². The number of carboxylic acid groups (broad SMARTS) is 1. The maximum Gasteiger partial charge on any atom is 0.341 e. The van der Waals surface area contributed by atoms with Gasteiger partial charge in [-0.25, -0.2) is 4.79 Å². The molecule has 0 aromatic heterocycles. The van der Waals surface area contributed by atoms with Crippen LogP contribution in [0.5, 0.6) is 17.2 Å². The van der Waals surface area contributed by atoms with Crippen LogP contribution in [0.1, 0.15) is 41.3 Å². The van der Waals surface area contributed by atoms with E-state index in [1.807, 2.05) is 12.1 Å². The third kappa shape index (κ3) is 3.96. The van der Waals surface area contributed by atoms with Gasteiger partial charge in [0.25, 0.3) is 0 Å². The molecule has 0 aliphatic carbocycles. The molecule has 0 aliphatic rings. The molecule has 0 radical (unpaired) electrons. The number of carbonyl (C=O) groups is 1. The SMILES string of the molecule is COc1cc(C(C)C)cc(OC)c1CNc1cccc(O)c1C(=O)O. The third-order valence-electron chi connectivity index (χ3n) is 4.01. The third-order valence-corrected chi connectivity index (χ3v) is 4.01. The van der Waals surface area contributed by atoms with Gasteiger partial charge in [-0.3, -0.25) is 0 Å². The highest BCUT2D eigenvalue weighted by atomic mass is 16.5. The molecule has 6 heteroatoms. The minimum Gasteiger partial charge on any atom is -0.507 e. The van der Waals surface area contributed by atoms with Crippen LogP contribution >= 0.6 is 0 Å². The summed E-state index contributed by atoms with van der Waals surface area (Å²) in [7, 11) is 3.17. The van der Waals surface area contributed by atoms with Gasteiger partial charge < -0.3 is 25.0 Å². The molecule has 2 rings (SSSR count). The van der Waals surface area contributed by atoms with Crippen molar-refractivity contribution in [2.45, 2.75) is 26.3 Å². The average Bonchev–Trinajstić information content (AvgIpc) is 2.58. The molecular weight excluding hydrogens is 322 g/mol. The molecule has 0 saturated heterocycles. The van der Waals surface area contributed by atoms with Gasteiger partial charge in [-0.05, 0) is 35.7 Å². The Hall–Kier alpha value is -2.89. The number of nitrogens with one attached hydrogen (secondary N) is 1. The van der Waals surface area contributed by atoms with Crippen molar-refractivity contribution >= 4 is 11.7 Å². The number of rotatable bonds is 7. The van der Waals surface area contributed by atoms with Crippen molar-refractivity contribution in [2.24, 2.45) is 0 Å². The zero-order valence-corrected chi connectivity index (χ0v) is 14.8. The molecule has 2 aromatic carbocycles. The van der Waals surface area contributed by atoms with E-state index in [1.165, 1.54) is 6.07 Å². The Kier molecular flexibility index (Phi) is 5.75. The summed E-state index contributed by atoms with van der Waals surface area (Å²) in [6.45, 7) is 4.45. The molecule has 0 spiro atoms. The fourth-order valence-corrected chi connectivity index (χ4v) is 2.61. The number of methoxy groups -OCH3 is 2. The maximum absolute atomic E-state index is 11.4. The van der Waals surface area contributed by atoms with Crippen LogP contribution in [0.3, 0.4) is 0 Å². The van der Waals surface area contributed by atoms with Gasteiger partial charge in [0.1, 0.15) is 22.8 Å². The van der Waals surface area contributed by atoms with Crippen LogP contribution in [0, 0.1) is 0 Å². The van der Waals surface area contributed by atoms with Crippen LogP contribution in [0.4, 0.5) is 5.69 Å². The quantitative estimate of drug-likeness (QED) is 0.706. The molecule has 2 aromatic rings.